The maximum absolute atomic E-state index is 11.7. The molecule has 0 unspecified atom stereocenters. The van der Waals surface area contributed by atoms with Gasteiger partial charge in [-0.15, -0.1) is 6.42 Å². The first kappa shape index (κ1) is 12.4. The topological polar surface area (TPSA) is 80.5 Å². The number of ether oxygens (including phenoxy) is 1. The Kier molecular flexibility index (Phi) is 3.77. The average molecular weight is 246 g/mol. The smallest absolute Gasteiger partial charge is 0.285 e. The van der Waals surface area contributed by atoms with E-state index in [1.165, 1.54) is 6.20 Å². The fraction of sp³-hybridized carbons (Fsp3) is 0.333. The predicted octanol–water partition coefficient (Wildman–Crippen LogP) is -0.497. The van der Waals surface area contributed by atoms with Crippen LogP contribution in [0.4, 0.5) is 5.69 Å². The summed E-state index contributed by atoms with van der Waals surface area (Å²) in [6.07, 6.45) is 6.83. The van der Waals surface area contributed by atoms with E-state index in [1.54, 1.807) is 6.07 Å². The molecule has 6 heteroatoms. The van der Waals surface area contributed by atoms with Crippen LogP contribution in [0.3, 0.4) is 0 Å². The van der Waals surface area contributed by atoms with Gasteiger partial charge in [0, 0.05) is 24.8 Å². The van der Waals surface area contributed by atoms with Crippen molar-refractivity contribution in [3.05, 3.63) is 23.5 Å². The number of anilines is 1. The summed E-state index contributed by atoms with van der Waals surface area (Å²) >= 11 is 0. The van der Waals surface area contributed by atoms with Gasteiger partial charge in [-0.1, -0.05) is 5.92 Å². The Balaban J connectivity index is 2.40. The molecule has 1 saturated heterocycles. The maximum atomic E-state index is 11.7. The van der Waals surface area contributed by atoms with Crippen molar-refractivity contribution in [3.63, 3.8) is 0 Å². The third kappa shape index (κ3) is 2.42. The normalized spacial score (nSPS) is 15.0. The lowest BCUT2D eigenvalue weighted by Gasteiger charge is -2.29. The zero-order chi connectivity index (χ0) is 13.0. The molecule has 0 atom stereocenters. The van der Waals surface area contributed by atoms with Gasteiger partial charge in [0.15, 0.2) is 5.69 Å². The molecule has 1 amide bonds. The minimum absolute atomic E-state index is 0.276. The number of rotatable bonds is 2. The summed E-state index contributed by atoms with van der Waals surface area (Å²) in [6.45, 7) is 2.62. The molecule has 0 aliphatic carbocycles. The van der Waals surface area contributed by atoms with Crippen LogP contribution >= 0.6 is 0 Å². The third-order valence-corrected chi connectivity index (χ3v) is 2.73. The lowest BCUT2D eigenvalue weighted by Crippen LogP contribution is -2.39. The van der Waals surface area contributed by atoms with Crippen LogP contribution in [0.1, 0.15) is 16.1 Å². The largest absolute Gasteiger partial charge is 0.378 e. The summed E-state index contributed by atoms with van der Waals surface area (Å²) < 4.78 is 5.28. The first-order valence-corrected chi connectivity index (χ1v) is 5.56. The monoisotopic (exact) mass is 246 g/mol. The molecular weight excluding hydrogens is 232 g/mol. The molecule has 1 aromatic rings. The number of hydrogen-bond acceptors (Lipinski definition) is 5. The molecule has 1 fully saturated rings. The lowest BCUT2D eigenvalue weighted by atomic mass is 10.2. The molecule has 0 saturated carbocycles. The van der Waals surface area contributed by atoms with E-state index in [2.05, 4.69) is 16.3 Å². The zero-order valence-corrected chi connectivity index (χ0v) is 9.85. The highest BCUT2D eigenvalue weighted by molar-refractivity contribution is 5.97. The number of carbonyl (C=O) groups excluding carboxylic acids is 1. The molecular formula is C12H14N4O2. The lowest BCUT2D eigenvalue weighted by molar-refractivity contribution is 0.0947. The van der Waals surface area contributed by atoms with Crippen molar-refractivity contribution in [2.24, 2.45) is 5.84 Å². The molecule has 0 aromatic carbocycles. The second-order valence-electron chi connectivity index (χ2n) is 3.81. The Hall–Kier alpha value is -2.10. The number of nitrogens with two attached hydrogens (primary N) is 1. The van der Waals surface area contributed by atoms with E-state index in [9.17, 15) is 4.79 Å². The van der Waals surface area contributed by atoms with E-state index in [1.807, 2.05) is 4.90 Å². The van der Waals surface area contributed by atoms with Crippen LogP contribution in [0.15, 0.2) is 12.3 Å². The number of morpholine rings is 1. The summed E-state index contributed by atoms with van der Waals surface area (Å²) in [6, 6.07) is 1.77. The first-order valence-electron chi connectivity index (χ1n) is 5.56. The number of carbonyl (C=O) groups is 1. The number of amides is 1. The fourth-order valence-corrected chi connectivity index (χ4v) is 1.82. The van der Waals surface area contributed by atoms with E-state index < -0.39 is 5.91 Å². The Bertz CT molecular complexity index is 489. The van der Waals surface area contributed by atoms with Crippen LogP contribution in [0, 0.1) is 12.3 Å². The quantitative estimate of drug-likeness (QED) is 0.318. The van der Waals surface area contributed by atoms with Crippen molar-refractivity contribution >= 4 is 11.6 Å². The van der Waals surface area contributed by atoms with Gasteiger partial charge in [-0.25, -0.2) is 10.8 Å². The van der Waals surface area contributed by atoms with Crippen molar-refractivity contribution in [2.75, 3.05) is 31.2 Å². The summed E-state index contributed by atoms with van der Waals surface area (Å²) in [5.41, 5.74) is 3.68. The Morgan fingerprint density at radius 3 is 2.89 bits per heavy atom. The highest BCUT2D eigenvalue weighted by atomic mass is 16.5. The van der Waals surface area contributed by atoms with E-state index in [0.717, 1.165) is 0 Å². The molecule has 0 bridgehead atoms. The van der Waals surface area contributed by atoms with Gasteiger partial charge in [0.05, 0.1) is 18.9 Å². The summed E-state index contributed by atoms with van der Waals surface area (Å²) in [7, 11) is 0. The van der Waals surface area contributed by atoms with Gasteiger partial charge in [0.25, 0.3) is 5.91 Å². The molecule has 0 spiro atoms. The van der Waals surface area contributed by atoms with Gasteiger partial charge < -0.3 is 9.64 Å². The molecule has 2 rings (SSSR count). The second-order valence-corrected chi connectivity index (χ2v) is 3.81. The first-order chi connectivity index (χ1) is 8.76. The van der Waals surface area contributed by atoms with Crippen LogP contribution in [-0.2, 0) is 4.74 Å². The number of pyridine rings is 1. The highest BCUT2D eigenvalue weighted by Crippen LogP contribution is 2.21. The molecule has 1 aliphatic rings. The molecule has 1 aromatic heterocycles. The number of hydrazine groups is 1. The van der Waals surface area contributed by atoms with Crippen molar-refractivity contribution in [1.82, 2.24) is 10.4 Å². The summed E-state index contributed by atoms with van der Waals surface area (Å²) in [4.78, 5) is 17.8. The highest BCUT2D eigenvalue weighted by Gasteiger charge is 2.20. The molecule has 0 radical (unpaired) electrons. The van der Waals surface area contributed by atoms with Gasteiger partial charge in [0.2, 0.25) is 0 Å². The van der Waals surface area contributed by atoms with Crippen molar-refractivity contribution < 1.29 is 9.53 Å². The van der Waals surface area contributed by atoms with Crippen molar-refractivity contribution in [1.29, 1.82) is 0 Å². The SMILES string of the molecule is C#Cc1cnc(C(=O)NN)c(N2CCOCC2)c1. The van der Waals surface area contributed by atoms with Crippen molar-refractivity contribution in [3.8, 4) is 12.3 Å². The van der Waals surface area contributed by atoms with Crippen LogP contribution < -0.4 is 16.2 Å². The molecule has 2 heterocycles. The van der Waals surface area contributed by atoms with Crippen LogP contribution in [0.2, 0.25) is 0 Å². The molecule has 94 valence electrons. The zero-order valence-electron chi connectivity index (χ0n) is 9.85. The number of hydrogen-bond donors (Lipinski definition) is 2. The van der Waals surface area contributed by atoms with E-state index in [4.69, 9.17) is 17.0 Å². The Morgan fingerprint density at radius 1 is 1.56 bits per heavy atom. The van der Waals surface area contributed by atoms with Gasteiger partial charge >= 0.3 is 0 Å². The third-order valence-electron chi connectivity index (χ3n) is 2.73. The number of nitrogens with one attached hydrogen (secondary N) is 1. The Labute approximate surface area is 105 Å². The predicted molar refractivity (Wildman–Crippen MR) is 66.9 cm³/mol. The molecule has 3 N–H and O–H groups in total. The fourth-order valence-electron chi connectivity index (χ4n) is 1.82. The van der Waals surface area contributed by atoms with Gasteiger partial charge in [-0.05, 0) is 6.07 Å². The van der Waals surface area contributed by atoms with Crippen LogP contribution in [-0.4, -0.2) is 37.2 Å². The van der Waals surface area contributed by atoms with Crippen molar-refractivity contribution in [2.45, 2.75) is 0 Å². The minimum Gasteiger partial charge on any atom is -0.378 e. The summed E-state index contributed by atoms with van der Waals surface area (Å²) in [5.74, 6) is 7.23. The van der Waals surface area contributed by atoms with E-state index >= 15 is 0 Å². The van der Waals surface area contributed by atoms with E-state index in [-0.39, 0.29) is 5.69 Å². The molecule has 6 nitrogen and oxygen atoms in total. The molecule has 1 aliphatic heterocycles. The number of nitrogen functional groups attached to an aromatic ring is 1. The van der Waals surface area contributed by atoms with Gasteiger partial charge in [-0.3, -0.25) is 10.2 Å². The average Bonchev–Trinajstić information content (AvgIpc) is 2.46. The maximum Gasteiger partial charge on any atom is 0.285 e. The number of nitrogens with zero attached hydrogens (tertiary/aromatic N) is 2. The Morgan fingerprint density at radius 2 is 2.28 bits per heavy atom. The van der Waals surface area contributed by atoms with Crippen LogP contribution in [0.25, 0.3) is 0 Å². The van der Waals surface area contributed by atoms with E-state index in [0.29, 0.717) is 37.6 Å². The number of terminal acetylenes is 1. The van der Waals surface area contributed by atoms with Crippen LogP contribution in [0.5, 0.6) is 0 Å². The number of aromatic nitrogens is 1. The summed E-state index contributed by atoms with van der Waals surface area (Å²) in [5, 5.41) is 0. The second kappa shape index (κ2) is 5.49. The minimum atomic E-state index is -0.430. The molecule has 18 heavy (non-hydrogen) atoms. The standard InChI is InChI=1S/C12H14N4O2/c1-2-9-7-10(16-3-5-18-6-4-16)11(14-8-9)12(17)15-13/h1,7-8H,3-6,13H2,(H,15,17). The van der Waals surface area contributed by atoms with Gasteiger partial charge in [-0.2, -0.15) is 0 Å². The van der Waals surface area contributed by atoms with Gasteiger partial charge in [0.1, 0.15) is 0 Å².